The van der Waals surface area contributed by atoms with E-state index in [0.29, 0.717) is 5.69 Å². The Morgan fingerprint density at radius 1 is 1.12 bits per heavy atom. The molecule has 0 unspecified atom stereocenters. The Bertz CT molecular complexity index is 750. The second-order valence-electron chi connectivity index (χ2n) is 6.00. The first-order valence-corrected chi connectivity index (χ1v) is 9.35. The summed E-state index contributed by atoms with van der Waals surface area (Å²) in [4.78, 5) is 14.5. The first kappa shape index (κ1) is 18.8. The fourth-order valence-electron chi connectivity index (χ4n) is 2.64. The molecule has 1 saturated heterocycles. The zero-order valence-electron chi connectivity index (χ0n) is 14.2. The third-order valence-corrected chi connectivity index (χ3v) is 5.03. The number of morpholine rings is 1. The molecule has 1 heterocycles. The Labute approximate surface area is 155 Å². The number of anilines is 1. The van der Waals surface area contributed by atoms with Gasteiger partial charge >= 0.3 is 0 Å². The molecule has 7 heteroatoms. The SMILES string of the molecule is O=C(CSc1cc(F)ccc1F)Nc1ccc(CN2CCOCC2)cc1. The summed E-state index contributed by atoms with van der Waals surface area (Å²) >= 11 is 0.969. The van der Waals surface area contributed by atoms with Crippen molar-refractivity contribution in [2.45, 2.75) is 11.4 Å². The molecule has 0 radical (unpaired) electrons. The van der Waals surface area contributed by atoms with Crippen molar-refractivity contribution in [1.29, 1.82) is 0 Å². The zero-order chi connectivity index (χ0) is 18.4. The Balaban J connectivity index is 1.48. The first-order chi connectivity index (χ1) is 12.6. The van der Waals surface area contributed by atoms with Crippen LogP contribution in [0, 0.1) is 11.6 Å². The lowest BCUT2D eigenvalue weighted by atomic mass is 10.2. The Morgan fingerprint density at radius 3 is 2.58 bits per heavy atom. The van der Waals surface area contributed by atoms with Gasteiger partial charge in [-0.2, -0.15) is 0 Å². The van der Waals surface area contributed by atoms with Gasteiger partial charge in [0, 0.05) is 30.2 Å². The van der Waals surface area contributed by atoms with E-state index >= 15 is 0 Å². The van der Waals surface area contributed by atoms with Gasteiger partial charge in [0.2, 0.25) is 5.91 Å². The van der Waals surface area contributed by atoms with Crippen molar-refractivity contribution >= 4 is 23.4 Å². The van der Waals surface area contributed by atoms with Gasteiger partial charge in [-0.15, -0.1) is 11.8 Å². The maximum Gasteiger partial charge on any atom is 0.234 e. The van der Waals surface area contributed by atoms with Crippen molar-refractivity contribution in [3.63, 3.8) is 0 Å². The van der Waals surface area contributed by atoms with E-state index in [4.69, 9.17) is 4.74 Å². The minimum atomic E-state index is -0.531. The van der Waals surface area contributed by atoms with E-state index in [1.54, 1.807) is 0 Å². The van der Waals surface area contributed by atoms with Crippen LogP contribution in [0.1, 0.15) is 5.56 Å². The summed E-state index contributed by atoms with van der Waals surface area (Å²) in [5.41, 5.74) is 1.85. The lowest BCUT2D eigenvalue weighted by molar-refractivity contribution is -0.113. The average molecular weight is 378 g/mol. The van der Waals surface area contributed by atoms with Crippen LogP contribution in [0.25, 0.3) is 0 Å². The molecular weight excluding hydrogens is 358 g/mol. The van der Waals surface area contributed by atoms with Gasteiger partial charge in [0.1, 0.15) is 11.6 Å². The Morgan fingerprint density at radius 2 is 1.85 bits per heavy atom. The molecule has 1 aliphatic heterocycles. The number of carbonyl (C=O) groups excluding carboxylic acids is 1. The Hall–Kier alpha value is -1.96. The maximum absolute atomic E-state index is 13.6. The normalized spacial score (nSPS) is 15.0. The molecule has 138 valence electrons. The van der Waals surface area contributed by atoms with Crippen molar-refractivity contribution in [1.82, 2.24) is 4.90 Å². The zero-order valence-corrected chi connectivity index (χ0v) is 15.0. The minimum absolute atomic E-state index is 0.00982. The maximum atomic E-state index is 13.6. The summed E-state index contributed by atoms with van der Waals surface area (Å²) in [7, 11) is 0. The van der Waals surface area contributed by atoms with Gasteiger partial charge in [-0.3, -0.25) is 9.69 Å². The van der Waals surface area contributed by atoms with Gasteiger partial charge in [0.15, 0.2) is 0 Å². The summed E-state index contributed by atoms with van der Waals surface area (Å²) in [6.07, 6.45) is 0. The smallest absolute Gasteiger partial charge is 0.234 e. The molecule has 1 aliphatic rings. The number of ether oxygens (including phenoxy) is 1. The number of carbonyl (C=O) groups is 1. The van der Waals surface area contributed by atoms with Crippen molar-refractivity contribution in [2.24, 2.45) is 0 Å². The monoisotopic (exact) mass is 378 g/mol. The molecule has 3 rings (SSSR count). The minimum Gasteiger partial charge on any atom is -0.379 e. The highest BCUT2D eigenvalue weighted by Crippen LogP contribution is 2.23. The summed E-state index contributed by atoms with van der Waals surface area (Å²) in [6, 6.07) is 10.9. The van der Waals surface area contributed by atoms with E-state index in [2.05, 4.69) is 10.2 Å². The van der Waals surface area contributed by atoms with E-state index in [1.807, 2.05) is 24.3 Å². The topological polar surface area (TPSA) is 41.6 Å². The third kappa shape index (κ3) is 5.52. The highest BCUT2D eigenvalue weighted by Gasteiger charge is 2.11. The number of thioether (sulfide) groups is 1. The van der Waals surface area contributed by atoms with E-state index in [9.17, 15) is 13.6 Å². The second-order valence-corrected chi connectivity index (χ2v) is 7.01. The quantitative estimate of drug-likeness (QED) is 0.781. The molecule has 0 aliphatic carbocycles. The van der Waals surface area contributed by atoms with Gasteiger partial charge in [0.25, 0.3) is 0 Å². The van der Waals surface area contributed by atoms with Crippen LogP contribution < -0.4 is 5.32 Å². The number of nitrogens with zero attached hydrogens (tertiary/aromatic N) is 1. The number of nitrogens with one attached hydrogen (secondary N) is 1. The van der Waals surface area contributed by atoms with Gasteiger partial charge in [-0.05, 0) is 35.9 Å². The molecule has 0 saturated carbocycles. The van der Waals surface area contributed by atoms with Crippen molar-refractivity contribution in [2.75, 3.05) is 37.4 Å². The molecule has 0 spiro atoms. The highest BCUT2D eigenvalue weighted by atomic mass is 32.2. The standard InChI is InChI=1S/C19H20F2N2O2S/c20-15-3-6-17(21)18(11-15)26-13-19(24)22-16-4-1-14(2-5-16)12-23-7-9-25-10-8-23/h1-6,11H,7-10,12-13H2,(H,22,24). The lowest BCUT2D eigenvalue weighted by Gasteiger charge is -2.26. The molecule has 26 heavy (non-hydrogen) atoms. The van der Waals surface area contributed by atoms with Gasteiger partial charge in [-0.25, -0.2) is 8.78 Å². The Kier molecular flexibility index (Phi) is 6.60. The molecule has 2 aromatic rings. The average Bonchev–Trinajstić information content (AvgIpc) is 2.65. The third-order valence-electron chi connectivity index (χ3n) is 4.00. The van der Waals surface area contributed by atoms with Crippen LogP contribution in [0.4, 0.5) is 14.5 Å². The fourth-order valence-corrected chi connectivity index (χ4v) is 3.40. The van der Waals surface area contributed by atoms with Gasteiger partial charge in [0.05, 0.1) is 19.0 Å². The first-order valence-electron chi connectivity index (χ1n) is 8.37. The van der Waals surface area contributed by atoms with E-state index < -0.39 is 11.6 Å². The largest absolute Gasteiger partial charge is 0.379 e. The lowest BCUT2D eigenvalue weighted by Crippen LogP contribution is -2.35. The number of halogens is 2. The van der Waals surface area contributed by atoms with Crippen LogP contribution in [0.3, 0.4) is 0 Å². The molecule has 0 aromatic heterocycles. The predicted octanol–water partition coefficient (Wildman–Crippen LogP) is 3.53. The number of benzene rings is 2. The van der Waals surface area contributed by atoms with Gasteiger partial charge in [-0.1, -0.05) is 12.1 Å². The molecule has 1 amide bonds. The second kappa shape index (κ2) is 9.12. The molecule has 4 nitrogen and oxygen atoms in total. The van der Waals surface area contributed by atoms with Crippen molar-refractivity contribution in [3.05, 3.63) is 59.7 Å². The summed E-state index contributed by atoms with van der Waals surface area (Å²) in [5, 5.41) is 2.77. The molecule has 2 aromatic carbocycles. The van der Waals surface area contributed by atoms with Crippen LogP contribution in [-0.2, 0) is 16.1 Å². The predicted molar refractivity (Wildman–Crippen MR) is 98.2 cm³/mol. The number of amides is 1. The summed E-state index contributed by atoms with van der Waals surface area (Å²) < 4.78 is 32.0. The fraction of sp³-hybridized carbons (Fsp3) is 0.316. The van der Waals surface area contributed by atoms with Crippen molar-refractivity contribution in [3.8, 4) is 0 Å². The molecule has 1 N–H and O–H groups in total. The van der Waals surface area contributed by atoms with Crippen LogP contribution in [0.5, 0.6) is 0 Å². The summed E-state index contributed by atoms with van der Waals surface area (Å²) in [6.45, 7) is 4.22. The summed E-state index contributed by atoms with van der Waals surface area (Å²) in [5.74, 6) is -1.31. The van der Waals surface area contributed by atoms with Crippen LogP contribution in [-0.4, -0.2) is 42.9 Å². The number of hydrogen-bond acceptors (Lipinski definition) is 4. The number of hydrogen-bond donors (Lipinski definition) is 1. The van der Waals surface area contributed by atoms with Crippen LogP contribution >= 0.6 is 11.8 Å². The van der Waals surface area contributed by atoms with E-state index in [1.165, 1.54) is 5.56 Å². The van der Waals surface area contributed by atoms with E-state index in [-0.39, 0.29) is 16.6 Å². The molecule has 1 fully saturated rings. The highest BCUT2D eigenvalue weighted by molar-refractivity contribution is 8.00. The molecular formula is C19H20F2N2O2S. The number of rotatable bonds is 6. The van der Waals surface area contributed by atoms with E-state index in [0.717, 1.165) is 62.8 Å². The van der Waals surface area contributed by atoms with Crippen LogP contribution in [0.15, 0.2) is 47.4 Å². The molecule has 0 atom stereocenters. The molecule has 0 bridgehead atoms. The van der Waals surface area contributed by atoms with Gasteiger partial charge < -0.3 is 10.1 Å². The van der Waals surface area contributed by atoms with Crippen LogP contribution in [0.2, 0.25) is 0 Å². The van der Waals surface area contributed by atoms with Crippen molar-refractivity contribution < 1.29 is 18.3 Å².